The number of unbranched alkanes of at least 4 members (excludes halogenated alkanes) is 3. The van der Waals surface area contributed by atoms with Crippen molar-refractivity contribution >= 4 is 0 Å². The van der Waals surface area contributed by atoms with Crippen molar-refractivity contribution in [3.8, 4) is 11.4 Å². The highest BCUT2D eigenvalue weighted by Gasteiger charge is 2.08. The van der Waals surface area contributed by atoms with Gasteiger partial charge < -0.3 is 4.74 Å². The fourth-order valence-electron chi connectivity index (χ4n) is 2.27. The second-order valence-electron chi connectivity index (χ2n) is 5.31. The predicted molar refractivity (Wildman–Crippen MR) is 89.6 cm³/mol. The Labute approximate surface area is 138 Å². The zero-order chi connectivity index (χ0) is 17.4. The van der Waals surface area contributed by atoms with Gasteiger partial charge in [0.05, 0.1) is 12.3 Å². The monoisotopic (exact) mass is 332 g/mol. The number of rotatable bonds is 9. The first-order valence-corrected chi connectivity index (χ1v) is 7.75. The molecule has 128 valence electrons. The summed E-state index contributed by atoms with van der Waals surface area (Å²) in [5.41, 5.74) is 7.75. The van der Waals surface area contributed by atoms with Gasteiger partial charge in [0.15, 0.2) is 0 Å². The molecule has 1 aromatic carbocycles. The molecule has 0 amide bonds. The van der Waals surface area contributed by atoms with Crippen molar-refractivity contribution in [1.82, 2.24) is 14.3 Å². The Kier molecular flexibility index (Phi) is 6.27. The Morgan fingerprint density at radius 1 is 1.17 bits per heavy atom. The van der Waals surface area contributed by atoms with E-state index in [9.17, 15) is 9.59 Å². The predicted octanol–water partition coefficient (Wildman–Crippen LogP) is 2.11. The minimum atomic E-state index is -0.475. The zero-order valence-corrected chi connectivity index (χ0v) is 13.5. The quantitative estimate of drug-likeness (QED) is 0.328. The van der Waals surface area contributed by atoms with Crippen molar-refractivity contribution in [2.75, 3.05) is 13.2 Å². The van der Waals surface area contributed by atoms with E-state index < -0.39 is 11.4 Å². The molecule has 2 rings (SSSR count). The lowest BCUT2D eigenvalue weighted by atomic mass is 10.2. The number of hydrogen-bond acceptors (Lipinski definition) is 4. The van der Waals surface area contributed by atoms with Gasteiger partial charge in [-0.15, -0.1) is 0 Å². The van der Waals surface area contributed by atoms with Crippen LogP contribution in [0.25, 0.3) is 16.1 Å². The van der Waals surface area contributed by atoms with Crippen LogP contribution in [0.2, 0.25) is 0 Å². The number of benzene rings is 1. The summed E-state index contributed by atoms with van der Waals surface area (Å²) >= 11 is 0. The molecule has 0 aliphatic heterocycles. The number of hydrogen-bond donors (Lipinski definition) is 1. The summed E-state index contributed by atoms with van der Waals surface area (Å²) in [5, 5.41) is 5.89. The fraction of sp³-hybridized carbons (Fsp3) is 0.467. The Morgan fingerprint density at radius 2 is 1.88 bits per heavy atom. The molecule has 0 aliphatic carbocycles. The van der Waals surface area contributed by atoms with Crippen molar-refractivity contribution in [3.63, 3.8) is 0 Å². The number of ether oxygens (including phenoxy) is 1. The van der Waals surface area contributed by atoms with Gasteiger partial charge in [-0.1, -0.05) is 18.0 Å². The lowest BCUT2D eigenvalue weighted by Crippen LogP contribution is -2.26. The minimum absolute atomic E-state index is 0.422. The lowest BCUT2D eigenvalue weighted by Gasteiger charge is -2.07. The van der Waals surface area contributed by atoms with Crippen LogP contribution in [0.1, 0.15) is 25.7 Å². The average Bonchev–Trinajstić information content (AvgIpc) is 2.83. The van der Waals surface area contributed by atoms with Gasteiger partial charge in [-0.25, -0.2) is 23.9 Å². The maximum absolute atomic E-state index is 11.9. The number of aromatic amines is 1. The number of aromatic nitrogens is 3. The molecule has 0 saturated carbocycles. The zero-order valence-electron chi connectivity index (χ0n) is 13.5. The highest BCUT2D eigenvalue weighted by atomic mass is 16.5. The molecule has 0 saturated heterocycles. The van der Waals surface area contributed by atoms with Crippen LogP contribution in [-0.2, 0) is 7.05 Å². The van der Waals surface area contributed by atoms with E-state index in [1.54, 1.807) is 24.3 Å². The summed E-state index contributed by atoms with van der Waals surface area (Å²) in [6.07, 6.45) is 3.81. The molecule has 0 unspecified atom stereocenters. The average molecular weight is 332 g/mol. The van der Waals surface area contributed by atoms with Crippen molar-refractivity contribution in [1.29, 1.82) is 0 Å². The van der Waals surface area contributed by atoms with Gasteiger partial charge in [0, 0.05) is 18.5 Å². The summed E-state index contributed by atoms with van der Waals surface area (Å²) in [4.78, 5) is 26.3. The van der Waals surface area contributed by atoms with Gasteiger partial charge in [-0.05, 0) is 42.6 Å². The Bertz CT molecular complexity index is 811. The van der Waals surface area contributed by atoms with Crippen molar-refractivity contribution in [2.24, 2.45) is 12.2 Å². The topological polar surface area (TPSA) is 118 Å². The Balaban J connectivity index is 1.81. The minimum Gasteiger partial charge on any atom is -0.494 e. The third-order valence-corrected chi connectivity index (χ3v) is 3.52. The summed E-state index contributed by atoms with van der Waals surface area (Å²) in [6, 6.07) is 6.81. The first-order valence-electron chi connectivity index (χ1n) is 7.75. The van der Waals surface area contributed by atoms with Gasteiger partial charge in [0.1, 0.15) is 5.75 Å². The van der Waals surface area contributed by atoms with Gasteiger partial charge in [-0.3, -0.25) is 0 Å². The number of azide groups is 1. The van der Waals surface area contributed by atoms with Crippen LogP contribution in [0.15, 0.2) is 39.0 Å². The van der Waals surface area contributed by atoms with Crippen molar-refractivity contribution in [3.05, 3.63) is 55.7 Å². The SMILES string of the molecule is Cn1[nH]c(=O)n(-c2ccc(OCCCCCCN=[N+]=[N-])cc2)c1=O. The van der Waals surface area contributed by atoms with Crippen LogP contribution in [0.5, 0.6) is 5.75 Å². The van der Waals surface area contributed by atoms with E-state index >= 15 is 0 Å². The highest BCUT2D eigenvalue weighted by molar-refractivity contribution is 5.36. The number of nitrogens with one attached hydrogen (secondary N) is 1. The molecule has 0 radical (unpaired) electrons. The van der Waals surface area contributed by atoms with Crippen LogP contribution in [0, 0.1) is 0 Å². The Morgan fingerprint density at radius 3 is 2.50 bits per heavy atom. The third kappa shape index (κ3) is 4.53. The van der Waals surface area contributed by atoms with Crippen LogP contribution in [0.4, 0.5) is 0 Å². The number of nitrogens with zero attached hydrogens (tertiary/aromatic N) is 5. The molecule has 0 atom stereocenters. The van der Waals surface area contributed by atoms with E-state index in [0.29, 0.717) is 24.6 Å². The molecule has 0 fully saturated rings. The lowest BCUT2D eigenvalue weighted by molar-refractivity contribution is 0.305. The van der Waals surface area contributed by atoms with Crippen LogP contribution >= 0.6 is 0 Å². The van der Waals surface area contributed by atoms with E-state index in [1.807, 2.05) is 0 Å². The summed E-state index contributed by atoms with van der Waals surface area (Å²) in [5.74, 6) is 0.688. The molecule has 1 heterocycles. The fourth-order valence-corrected chi connectivity index (χ4v) is 2.27. The van der Waals surface area contributed by atoms with E-state index in [2.05, 4.69) is 15.1 Å². The van der Waals surface area contributed by atoms with Crippen LogP contribution in [0.3, 0.4) is 0 Å². The Hall–Kier alpha value is -2.93. The van der Waals surface area contributed by atoms with Crippen LogP contribution in [-0.4, -0.2) is 27.5 Å². The molecule has 9 heteroatoms. The molecule has 0 bridgehead atoms. The van der Waals surface area contributed by atoms with Gasteiger partial charge in [-0.2, -0.15) is 0 Å². The summed E-state index contributed by atoms with van der Waals surface area (Å²) in [6.45, 7) is 1.13. The molecular weight excluding hydrogens is 312 g/mol. The van der Waals surface area contributed by atoms with E-state index in [4.69, 9.17) is 10.3 Å². The summed E-state index contributed by atoms with van der Waals surface area (Å²) < 4.78 is 7.83. The maximum Gasteiger partial charge on any atom is 0.351 e. The first kappa shape index (κ1) is 17.4. The van der Waals surface area contributed by atoms with E-state index in [-0.39, 0.29) is 0 Å². The molecule has 0 aliphatic rings. The molecule has 2 aromatic rings. The molecule has 1 aromatic heterocycles. The van der Waals surface area contributed by atoms with E-state index in [0.717, 1.165) is 34.9 Å². The second kappa shape index (κ2) is 8.64. The smallest absolute Gasteiger partial charge is 0.351 e. The number of H-pyrrole nitrogens is 1. The molecule has 1 N–H and O–H groups in total. The van der Waals surface area contributed by atoms with Crippen LogP contribution < -0.4 is 16.1 Å². The van der Waals surface area contributed by atoms with Crippen molar-refractivity contribution < 1.29 is 4.74 Å². The summed E-state index contributed by atoms with van der Waals surface area (Å²) in [7, 11) is 1.49. The third-order valence-electron chi connectivity index (χ3n) is 3.52. The standard InChI is InChI=1S/C15H20N6O3/c1-20-15(23)21(14(22)18-20)12-6-8-13(9-7-12)24-11-5-3-2-4-10-17-19-16/h6-9H,2-5,10-11H2,1H3,(H,18,22). The largest absolute Gasteiger partial charge is 0.494 e. The molecular formula is C15H20N6O3. The first-order chi connectivity index (χ1) is 11.6. The molecule has 9 nitrogen and oxygen atoms in total. The normalized spacial score (nSPS) is 10.4. The number of aryl methyl sites for hydroxylation is 1. The highest BCUT2D eigenvalue weighted by Crippen LogP contribution is 2.14. The van der Waals surface area contributed by atoms with Gasteiger partial charge in [0.25, 0.3) is 0 Å². The molecule has 0 spiro atoms. The van der Waals surface area contributed by atoms with E-state index in [1.165, 1.54) is 7.05 Å². The van der Waals surface area contributed by atoms with Gasteiger partial charge in [0.2, 0.25) is 0 Å². The van der Waals surface area contributed by atoms with Crippen molar-refractivity contribution in [2.45, 2.75) is 25.7 Å². The maximum atomic E-state index is 11.9. The second-order valence-corrected chi connectivity index (χ2v) is 5.31. The van der Waals surface area contributed by atoms with Gasteiger partial charge >= 0.3 is 11.4 Å². The molecule has 24 heavy (non-hydrogen) atoms.